The molecule has 0 aliphatic rings. The third-order valence-corrected chi connectivity index (χ3v) is 4.84. The minimum atomic E-state index is -3.44. The molecule has 0 aromatic heterocycles. The van der Waals surface area contributed by atoms with Gasteiger partial charge in [0.05, 0.1) is 11.9 Å². The van der Waals surface area contributed by atoms with Crippen molar-refractivity contribution in [3.63, 3.8) is 0 Å². The van der Waals surface area contributed by atoms with Crippen molar-refractivity contribution >= 4 is 43.2 Å². The number of hydrogen-bond acceptors (Lipinski definition) is 3. The van der Waals surface area contributed by atoms with Crippen molar-refractivity contribution in [2.75, 3.05) is 22.4 Å². The van der Waals surface area contributed by atoms with Gasteiger partial charge in [-0.2, -0.15) is 0 Å². The maximum atomic E-state index is 12.0. The molecule has 0 heterocycles. The van der Waals surface area contributed by atoms with Crippen LogP contribution in [0, 0.1) is 0 Å². The van der Waals surface area contributed by atoms with Crippen LogP contribution in [0.1, 0.15) is 6.42 Å². The van der Waals surface area contributed by atoms with E-state index in [1.807, 2.05) is 18.2 Å². The van der Waals surface area contributed by atoms with E-state index >= 15 is 0 Å². The first kappa shape index (κ1) is 17.5. The van der Waals surface area contributed by atoms with Crippen molar-refractivity contribution < 1.29 is 13.2 Å². The fourth-order valence-electron chi connectivity index (χ4n) is 2.04. The lowest BCUT2D eigenvalue weighted by Gasteiger charge is -2.22. The van der Waals surface area contributed by atoms with Gasteiger partial charge in [0, 0.05) is 23.1 Å². The van der Waals surface area contributed by atoms with E-state index in [0.29, 0.717) is 11.4 Å². The van der Waals surface area contributed by atoms with E-state index < -0.39 is 10.0 Å². The molecule has 2 aromatic rings. The molecular formula is C16H17BrN2O3S. The van der Waals surface area contributed by atoms with Crippen LogP contribution >= 0.6 is 15.9 Å². The summed E-state index contributed by atoms with van der Waals surface area (Å²) in [4.78, 5) is 12.0. The topological polar surface area (TPSA) is 66.5 Å². The Morgan fingerprint density at radius 2 is 1.70 bits per heavy atom. The Balaban J connectivity index is 2.01. The molecule has 0 aliphatic carbocycles. The Morgan fingerprint density at radius 3 is 2.26 bits per heavy atom. The molecule has 0 saturated heterocycles. The van der Waals surface area contributed by atoms with E-state index in [4.69, 9.17) is 0 Å². The molecule has 0 radical (unpaired) electrons. The minimum Gasteiger partial charge on any atom is -0.326 e. The maximum absolute atomic E-state index is 12.0. The van der Waals surface area contributed by atoms with E-state index in [0.717, 1.165) is 10.7 Å². The first-order valence-corrected chi connectivity index (χ1v) is 9.58. The van der Waals surface area contributed by atoms with Gasteiger partial charge < -0.3 is 5.32 Å². The second-order valence-corrected chi connectivity index (χ2v) is 7.80. The maximum Gasteiger partial charge on any atom is 0.232 e. The van der Waals surface area contributed by atoms with Gasteiger partial charge in [-0.05, 0) is 36.4 Å². The number of rotatable bonds is 6. The van der Waals surface area contributed by atoms with Crippen LogP contribution in [0.3, 0.4) is 0 Å². The summed E-state index contributed by atoms with van der Waals surface area (Å²) in [5.41, 5.74) is 1.22. The molecule has 0 atom stereocenters. The fourth-order valence-corrected chi connectivity index (χ4v) is 3.23. The van der Waals surface area contributed by atoms with E-state index in [2.05, 4.69) is 21.2 Å². The predicted octanol–water partition coefficient (Wildman–Crippen LogP) is 3.24. The van der Waals surface area contributed by atoms with Gasteiger partial charge in [-0.3, -0.25) is 9.10 Å². The average molecular weight is 397 g/mol. The SMILES string of the molecule is CS(=O)(=O)N(CCC(=O)Nc1ccc(Br)cc1)c1ccccc1. The number of carbonyl (C=O) groups is 1. The Labute approximate surface area is 144 Å². The van der Waals surface area contributed by atoms with E-state index in [9.17, 15) is 13.2 Å². The van der Waals surface area contributed by atoms with Gasteiger partial charge in [0.2, 0.25) is 15.9 Å². The van der Waals surface area contributed by atoms with Gasteiger partial charge in [-0.1, -0.05) is 34.1 Å². The van der Waals surface area contributed by atoms with Gasteiger partial charge in [-0.15, -0.1) is 0 Å². The number of nitrogens with one attached hydrogen (secondary N) is 1. The molecule has 2 aromatic carbocycles. The summed E-state index contributed by atoms with van der Waals surface area (Å²) in [6.45, 7) is 0.0885. The summed E-state index contributed by atoms with van der Waals surface area (Å²) in [5, 5.41) is 2.75. The van der Waals surface area contributed by atoms with E-state index in [1.54, 1.807) is 36.4 Å². The lowest BCUT2D eigenvalue weighted by Crippen LogP contribution is -2.32. The molecule has 2 rings (SSSR count). The summed E-state index contributed by atoms with van der Waals surface area (Å²) < 4.78 is 26.0. The fraction of sp³-hybridized carbons (Fsp3) is 0.188. The molecular weight excluding hydrogens is 380 g/mol. The van der Waals surface area contributed by atoms with Crippen molar-refractivity contribution in [3.8, 4) is 0 Å². The Hall–Kier alpha value is -1.86. The van der Waals surface area contributed by atoms with Crippen molar-refractivity contribution in [2.45, 2.75) is 6.42 Å². The van der Waals surface area contributed by atoms with Gasteiger partial charge in [-0.25, -0.2) is 8.42 Å². The van der Waals surface area contributed by atoms with Crippen LogP contribution in [0.4, 0.5) is 11.4 Å². The predicted molar refractivity (Wildman–Crippen MR) is 96.0 cm³/mol. The Bertz CT molecular complexity index is 762. The van der Waals surface area contributed by atoms with Crippen molar-refractivity contribution in [2.24, 2.45) is 0 Å². The van der Waals surface area contributed by atoms with Gasteiger partial charge in [0.25, 0.3) is 0 Å². The van der Waals surface area contributed by atoms with Crippen LogP contribution in [0.2, 0.25) is 0 Å². The van der Waals surface area contributed by atoms with Crippen LogP contribution in [0.5, 0.6) is 0 Å². The molecule has 0 unspecified atom stereocenters. The Kier molecular flexibility index (Phi) is 5.79. The highest BCUT2D eigenvalue weighted by molar-refractivity contribution is 9.10. The number of halogens is 1. The molecule has 0 fully saturated rings. The molecule has 1 N–H and O–H groups in total. The van der Waals surface area contributed by atoms with Crippen molar-refractivity contribution in [1.82, 2.24) is 0 Å². The molecule has 0 saturated carbocycles. The van der Waals surface area contributed by atoms with Crippen molar-refractivity contribution in [1.29, 1.82) is 0 Å². The third-order valence-electron chi connectivity index (χ3n) is 3.11. The largest absolute Gasteiger partial charge is 0.326 e. The molecule has 5 nitrogen and oxygen atoms in total. The second kappa shape index (κ2) is 7.61. The number of carbonyl (C=O) groups excluding carboxylic acids is 1. The first-order chi connectivity index (χ1) is 10.9. The second-order valence-electron chi connectivity index (χ2n) is 4.98. The van der Waals surface area contributed by atoms with Crippen LogP contribution in [-0.4, -0.2) is 27.1 Å². The highest BCUT2D eigenvalue weighted by Gasteiger charge is 2.18. The van der Waals surface area contributed by atoms with Crippen LogP contribution < -0.4 is 9.62 Å². The number of sulfonamides is 1. The lowest BCUT2D eigenvalue weighted by molar-refractivity contribution is -0.116. The molecule has 7 heteroatoms. The summed E-state index contributed by atoms with van der Waals surface area (Å²) >= 11 is 3.32. The zero-order chi connectivity index (χ0) is 16.9. The third kappa shape index (κ3) is 5.37. The highest BCUT2D eigenvalue weighted by Crippen LogP contribution is 2.18. The number of para-hydroxylation sites is 1. The minimum absolute atomic E-state index is 0.0675. The van der Waals surface area contributed by atoms with Gasteiger partial charge >= 0.3 is 0 Å². The van der Waals surface area contributed by atoms with E-state index in [1.165, 1.54) is 4.31 Å². The zero-order valence-corrected chi connectivity index (χ0v) is 15.0. The summed E-state index contributed by atoms with van der Waals surface area (Å²) in [6.07, 6.45) is 1.20. The smallest absolute Gasteiger partial charge is 0.232 e. The number of benzene rings is 2. The number of amides is 1. The molecule has 23 heavy (non-hydrogen) atoms. The standard InChI is InChI=1S/C16H17BrN2O3S/c1-23(21,22)19(15-5-3-2-4-6-15)12-11-16(20)18-14-9-7-13(17)8-10-14/h2-10H,11-12H2,1H3,(H,18,20). The van der Waals surface area contributed by atoms with Crippen LogP contribution in [0.25, 0.3) is 0 Å². The van der Waals surface area contributed by atoms with Crippen LogP contribution in [0.15, 0.2) is 59.1 Å². The lowest BCUT2D eigenvalue weighted by atomic mass is 10.3. The molecule has 122 valence electrons. The monoisotopic (exact) mass is 396 g/mol. The average Bonchev–Trinajstić information content (AvgIpc) is 2.49. The number of hydrogen-bond donors (Lipinski definition) is 1. The molecule has 0 aliphatic heterocycles. The number of nitrogens with zero attached hydrogens (tertiary/aromatic N) is 1. The summed E-state index contributed by atoms with van der Waals surface area (Å²) in [5.74, 6) is -0.239. The quantitative estimate of drug-likeness (QED) is 0.814. The highest BCUT2D eigenvalue weighted by atomic mass is 79.9. The Morgan fingerprint density at radius 1 is 1.09 bits per heavy atom. The summed E-state index contributed by atoms with van der Waals surface area (Å²) in [6, 6.07) is 15.9. The molecule has 1 amide bonds. The summed E-state index contributed by atoms with van der Waals surface area (Å²) in [7, 11) is -3.44. The normalized spacial score (nSPS) is 11.0. The molecule has 0 bridgehead atoms. The van der Waals surface area contributed by atoms with E-state index in [-0.39, 0.29) is 18.9 Å². The molecule has 0 spiro atoms. The number of anilines is 2. The van der Waals surface area contributed by atoms with Crippen molar-refractivity contribution in [3.05, 3.63) is 59.1 Å². The van der Waals surface area contributed by atoms with Gasteiger partial charge in [0.1, 0.15) is 0 Å². The first-order valence-electron chi connectivity index (χ1n) is 6.94. The van der Waals surface area contributed by atoms with Gasteiger partial charge in [0.15, 0.2) is 0 Å². The van der Waals surface area contributed by atoms with Crippen LogP contribution in [-0.2, 0) is 14.8 Å². The zero-order valence-electron chi connectivity index (χ0n) is 12.6.